The number of benzene rings is 1. The van der Waals surface area contributed by atoms with Crippen molar-refractivity contribution >= 4 is 11.6 Å². The second-order valence-electron chi connectivity index (χ2n) is 5.26. The molecule has 2 rings (SSSR count). The highest BCUT2D eigenvalue weighted by atomic mass is 19.4. The normalized spacial score (nSPS) is 16.3. The third-order valence-corrected chi connectivity index (χ3v) is 3.66. The third kappa shape index (κ3) is 4.11. The molecule has 6 nitrogen and oxygen atoms in total. The zero-order valence-corrected chi connectivity index (χ0v) is 12.3. The predicted molar refractivity (Wildman–Crippen MR) is 74.0 cm³/mol. The summed E-state index contributed by atoms with van der Waals surface area (Å²) >= 11 is 0. The molecule has 1 aromatic carbocycles. The maximum atomic E-state index is 12.9. The van der Waals surface area contributed by atoms with Crippen molar-refractivity contribution in [2.45, 2.75) is 32.0 Å². The van der Waals surface area contributed by atoms with E-state index in [4.69, 9.17) is 4.74 Å². The Kier molecular flexibility index (Phi) is 4.76. The van der Waals surface area contributed by atoms with Crippen LogP contribution in [0.4, 0.5) is 18.9 Å². The summed E-state index contributed by atoms with van der Waals surface area (Å²) in [5.74, 6) is -0.123. The second-order valence-corrected chi connectivity index (χ2v) is 5.26. The Bertz CT molecular complexity index is 611. The number of likely N-dealkylation sites (tertiary alicyclic amines) is 1. The van der Waals surface area contributed by atoms with Gasteiger partial charge in [-0.15, -0.1) is 0 Å². The van der Waals surface area contributed by atoms with E-state index in [1.807, 2.05) is 0 Å². The molecule has 126 valence electrons. The van der Waals surface area contributed by atoms with E-state index >= 15 is 0 Å². The molecule has 9 heteroatoms. The molecule has 0 N–H and O–H groups in total. The molecule has 0 spiro atoms. The molecular weight excluding hydrogens is 317 g/mol. The maximum Gasteiger partial charge on any atom is 0.423 e. The van der Waals surface area contributed by atoms with Crippen molar-refractivity contribution in [3.8, 4) is 5.75 Å². The van der Waals surface area contributed by atoms with Crippen molar-refractivity contribution in [2.75, 3.05) is 13.1 Å². The lowest BCUT2D eigenvalue weighted by atomic mass is 10.1. The fourth-order valence-electron chi connectivity index (χ4n) is 2.46. The fraction of sp³-hybridized carbons (Fsp3) is 0.500. The standard InChI is InChI=1S/C14H15F3N2O4/c1-9(20)18-6-4-10(5-7-18)23-11-2-3-13(19(21)22)12(8-11)14(15,16)17/h2-3,8,10H,4-7H2,1H3. The van der Waals surface area contributed by atoms with E-state index in [2.05, 4.69) is 0 Å². The third-order valence-electron chi connectivity index (χ3n) is 3.66. The summed E-state index contributed by atoms with van der Waals surface area (Å²) in [6.07, 6.45) is -4.16. The number of ether oxygens (including phenoxy) is 1. The van der Waals surface area contributed by atoms with Crippen LogP contribution in [-0.4, -0.2) is 34.9 Å². The molecule has 23 heavy (non-hydrogen) atoms. The highest BCUT2D eigenvalue weighted by Gasteiger charge is 2.38. The average Bonchev–Trinajstić information content (AvgIpc) is 2.46. The molecule has 1 aliphatic heterocycles. The van der Waals surface area contributed by atoms with E-state index in [1.165, 1.54) is 6.92 Å². The number of nitro groups is 1. The maximum absolute atomic E-state index is 12.9. The molecule has 0 radical (unpaired) electrons. The molecule has 0 aliphatic carbocycles. The lowest BCUT2D eigenvalue weighted by Gasteiger charge is -2.31. The number of piperidine rings is 1. The van der Waals surface area contributed by atoms with Crippen LogP contribution in [0.2, 0.25) is 0 Å². The molecule has 1 amide bonds. The summed E-state index contributed by atoms with van der Waals surface area (Å²) in [6, 6.07) is 2.60. The molecule has 1 aromatic rings. The second kappa shape index (κ2) is 6.43. The van der Waals surface area contributed by atoms with E-state index in [0.717, 1.165) is 12.1 Å². The molecule has 0 saturated carbocycles. The Morgan fingerprint density at radius 1 is 1.35 bits per heavy atom. The Balaban J connectivity index is 2.13. The van der Waals surface area contributed by atoms with Gasteiger partial charge >= 0.3 is 6.18 Å². The number of rotatable bonds is 3. The van der Waals surface area contributed by atoms with Gasteiger partial charge in [0.1, 0.15) is 17.4 Å². The highest BCUT2D eigenvalue weighted by Crippen LogP contribution is 2.38. The topological polar surface area (TPSA) is 72.7 Å². The first kappa shape index (κ1) is 17.0. The minimum atomic E-state index is -4.83. The van der Waals surface area contributed by atoms with E-state index in [9.17, 15) is 28.1 Å². The SMILES string of the molecule is CC(=O)N1CCC(Oc2ccc([N+](=O)[O-])c(C(F)(F)F)c2)CC1. The van der Waals surface area contributed by atoms with Crippen molar-refractivity contribution in [3.05, 3.63) is 33.9 Å². The van der Waals surface area contributed by atoms with Crippen LogP contribution < -0.4 is 4.74 Å². The van der Waals surface area contributed by atoms with Gasteiger partial charge in [-0.25, -0.2) is 0 Å². The number of amides is 1. The van der Waals surface area contributed by atoms with Crippen LogP contribution in [0.1, 0.15) is 25.3 Å². The van der Waals surface area contributed by atoms with Crippen LogP contribution >= 0.6 is 0 Å². The van der Waals surface area contributed by atoms with Gasteiger partial charge in [-0.3, -0.25) is 14.9 Å². The van der Waals surface area contributed by atoms with Gasteiger partial charge in [0, 0.05) is 38.9 Å². The molecule has 0 bridgehead atoms. The first-order valence-electron chi connectivity index (χ1n) is 6.96. The fourth-order valence-corrected chi connectivity index (χ4v) is 2.46. The van der Waals surface area contributed by atoms with E-state index in [0.29, 0.717) is 32.0 Å². The largest absolute Gasteiger partial charge is 0.490 e. The summed E-state index contributed by atoms with van der Waals surface area (Å²) in [5.41, 5.74) is -2.34. The molecule has 0 aromatic heterocycles. The molecule has 1 fully saturated rings. The number of hydrogen-bond donors (Lipinski definition) is 0. The van der Waals surface area contributed by atoms with Gasteiger partial charge in [0.2, 0.25) is 5.91 Å². The van der Waals surface area contributed by atoms with Gasteiger partial charge in [-0.05, 0) is 12.1 Å². The Hall–Kier alpha value is -2.32. The first-order chi connectivity index (χ1) is 10.7. The van der Waals surface area contributed by atoms with Crippen LogP contribution in [0, 0.1) is 10.1 Å². The molecule has 1 saturated heterocycles. The van der Waals surface area contributed by atoms with Crippen molar-refractivity contribution in [1.29, 1.82) is 0 Å². The number of carbonyl (C=O) groups is 1. The summed E-state index contributed by atoms with van der Waals surface area (Å²) < 4.78 is 44.2. The molecule has 0 atom stereocenters. The van der Waals surface area contributed by atoms with Crippen molar-refractivity contribution in [2.24, 2.45) is 0 Å². The number of halogens is 3. The average molecular weight is 332 g/mol. The molecular formula is C14H15F3N2O4. The summed E-state index contributed by atoms with van der Waals surface area (Å²) in [7, 11) is 0. The van der Waals surface area contributed by atoms with Gasteiger partial charge in [-0.2, -0.15) is 13.2 Å². The monoisotopic (exact) mass is 332 g/mol. The smallest absolute Gasteiger partial charge is 0.423 e. The number of nitrogens with zero attached hydrogens (tertiary/aromatic N) is 2. The highest BCUT2D eigenvalue weighted by molar-refractivity contribution is 5.73. The minimum absolute atomic E-state index is 0.0573. The van der Waals surface area contributed by atoms with Crippen molar-refractivity contribution in [3.63, 3.8) is 0 Å². The summed E-state index contributed by atoms with van der Waals surface area (Å²) in [4.78, 5) is 22.5. The van der Waals surface area contributed by atoms with Gasteiger partial charge < -0.3 is 9.64 Å². The lowest BCUT2D eigenvalue weighted by Crippen LogP contribution is -2.40. The number of nitro benzene ring substituents is 1. The lowest BCUT2D eigenvalue weighted by molar-refractivity contribution is -0.388. The van der Waals surface area contributed by atoms with Crippen LogP contribution in [0.25, 0.3) is 0 Å². The predicted octanol–water partition coefficient (Wildman–Crippen LogP) is 3.00. The van der Waals surface area contributed by atoms with E-state index in [-0.39, 0.29) is 17.8 Å². The minimum Gasteiger partial charge on any atom is -0.490 e. The van der Waals surface area contributed by atoms with E-state index in [1.54, 1.807) is 4.90 Å². The quantitative estimate of drug-likeness (QED) is 0.630. The van der Waals surface area contributed by atoms with Crippen LogP contribution in [0.3, 0.4) is 0 Å². The molecule has 1 heterocycles. The van der Waals surface area contributed by atoms with Crippen LogP contribution in [0.5, 0.6) is 5.75 Å². The Morgan fingerprint density at radius 3 is 2.43 bits per heavy atom. The summed E-state index contributed by atoms with van der Waals surface area (Å²) in [5, 5.41) is 10.7. The van der Waals surface area contributed by atoms with E-state index < -0.39 is 22.4 Å². The van der Waals surface area contributed by atoms with Crippen molar-refractivity contribution in [1.82, 2.24) is 4.90 Å². The van der Waals surface area contributed by atoms with Crippen molar-refractivity contribution < 1.29 is 27.6 Å². The van der Waals surface area contributed by atoms with Gasteiger partial charge in [0.25, 0.3) is 5.69 Å². The van der Waals surface area contributed by atoms with Crippen LogP contribution in [0.15, 0.2) is 18.2 Å². The number of hydrogen-bond acceptors (Lipinski definition) is 4. The molecule has 0 unspecified atom stereocenters. The van der Waals surface area contributed by atoms with Crippen LogP contribution in [-0.2, 0) is 11.0 Å². The van der Waals surface area contributed by atoms with Gasteiger partial charge in [-0.1, -0.05) is 0 Å². The first-order valence-corrected chi connectivity index (χ1v) is 6.96. The Labute approximate surface area is 130 Å². The zero-order chi connectivity index (χ0) is 17.2. The molecule has 1 aliphatic rings. The number of alkyl halides is 3. The summed E-state index contributed by atoms with van der Waals surface area (Å²) in [6.45, 7) is 2.39. The van der Waals surface area contributed by atoms with Gasteiger partial charge in [0.15, 0.2) is 0 Å². The zero-order valence-electron chi connectivity index (χ0n) is 12.3. The number of carbonyl (C=O) groups excluding carboxylic acids is 1. The Morgan fingerprint density at radius 2 is 1.96 bits per heavy atom. The van der Waals surface area contributed by atoms with Gasteiger partial charge in [0.05, 0.1) is 4.92 Å².